The summed E-state index contributed by atoms with van der Waals surface area (Å²) in [6, 6.07) is 7.34. The fourth-order valence-corrected chi connectivity index (χ4v) is 1.34. The number of carbonyl (C=O) groups is 1. The van der Waals surface area contributed by atoms with E-state index in [4.69, 9.17) is 14.3 Å². The van der Waals surface area contributed by atoms with Crippen LogP contribution in [-0.2, 0) is 9.63 Å². The summed E-state index contributed by atoms with van der Waals surface area (Å²) >= 11 is 0. The van der Waals surface area contributed by atoms with Gasteiger partial charge in [-0.1, -0.05) is 0 Å². The van der Waals surface area contributed by atoms with Gasteiger partial charge >= 0.3 is 0 Å². The molecule has 0 spiro atoms. The smallest absolute Gasteiger partial charge is 0.245 e. The lowest BCUT2D eigenvalue weighted by Crippen LogP contribution is -2.25. The van der Waals surface area contributed by atoms with Gasteiger partial charge in [-0.3, -0.25) is 9.63 Å². The SMILES string of the molecule is COc1ccc(OCCCC(=O)N(C)OC)cc1. The second-order valence-electron chi connectivity index (χ2n) is 3.70. The third-order valence-electron chi connectivity index (χ3n) is 2.49. The highest BCUT2D eigenvalue weighted by Gasteiger charge is 2.06. The maximum atomic E-state index is 11.4. The Kier molecular flexibility index (Phi) is 6.00. The molecule has 5 nitrogen and oxygen atoms in total. The first kappa shape index (κ1) is 14.3. The molecule has 0 atom stereocenters. The van der Waals surface area contributed by atoms with E-state index < -0.39 is 0 Å². The number of carbonyl (C=O) groups excluding carboxylic acids is 1. The Labute approximate surface area is 107 Å². The topological polar surface area (TPSA) is 48.0 Å². The fourth-order valence-electron chi connectivity index (χ4n) is 1.34. The first-order chi connectivity index (χ1) is 8.67. The minimum Gasteiger partial charge on any atom is -0.497 e. The molecule has 100 valence electrons. The highest BCUT2D eigenvalue weighted by atomic mass is 16.7. The van der Waals surface area contributed by atoms with Crippen molar-refractivity contribution in [3.63, 3.8) is 0 Å². The molecule has 0 saturated carbocycles. The van der Waals surface area contributed by atoms with E-state index in [-0.39, 0.29) is 5.91 Å². The van der Waals surface area contributed by atoms with Crippen LogP contribution in [0, 0.1) is 0 Å². The number of hydrogen-bond acceptors (Lipinski definition) is 4. The molecule has 0 aromatic heterocycles. The number of ether oxygens (including phenoxy) is 2. The van der Waals surface area contributed by atoms with Crippen LogP contribution in [0.5, 0.6) is 11.5 Å². The van der Waals surface area contributed by atoms with Gasteiger partial charge in [0, 0.05) is 13.5 Å². The second-order valence-corrected chi connectivity index (χ2v) is 3.70. The van der Waals surface area contributed by atoms with Gasteiger partial charge in [0.15, 0.2) is 0 Å². The number of nitrogens with zero attached hydrogens (tertiary/aromatic N) is 1. The average Bonchev–Trinajstić information content (AvgIpc) is 2.43. The van der Waals surface area contributed by atoms with E-state index in [0.717, 1.165) is 11.5 Å². The lowest BCUT2D eigenvalue weighted by molar-refractivity contribution is -0.168. The van der Waals surface area contributed by atoms with Crippen molar-refractivity contribution in [1.82, 2.24) is 5.06 Å². The van der Waals surface area contributed by atoms with Gasteiger partial charge in [-0.2, -0.15) is 0 Å². The maximum Gasteiger partial charge on any atom is 0.245 e. The highest BCUT2D eigenvalue weighted by molar-refractivity contribution is 5.74. The van der Waals surface area contributed by atoms with E-state index in [9.17, 15) is 4.79 Å². The summed E-state index contributed by atoms with van der Waals surface area (Å²) in [5.41, 5.74) is 0. The van der Waals surface area contributed by atoms with Crippen molar-refractivity contribution in [3.05, 3.63) is 24.3 Å². The fraction of sp³-hybridized carbons (Fsp3) is 0.462. The Morgan fingerprint density at radius 3 is 2.33 bits per heavy atom. The first-order valence-electron chi connectivity index (χ1n) is 5.75. The molecule has 0 aliphatic rings. The Hall–Kier alpha value is -1.75. The van der Waals surface area contributed by atoms with Gasteiger partial charge in [-0.05, 0) is 30.7 Å². The third kappa shape index (κ3) is 4.63. The monoisotopic (exact) mass is 253 g/mol. The molecule has 0 aliphatic heterocycles. The maximum absolute atomic E-state index is 11.4. The van der Waals surface area contributed by atoms with Gasteiger partial charge in [0.25, 0.3) is 0 Å². The van der Waals surface area contributed by atoms with Crippen LogP contribution in [0.3, 0.4) is 0 Å². The zero-order valence-corrected chi connectivity index (χ0v) is 11.0. The molecule has 0 saturated heterocycles. The van der Waals surface area contributed by atoms with E-state index in [1.165, 1.54) is 12.2 Å². The number of hydroxylamine groups is 2. The van der Waals surface area contributed by atoms with Crippen molar-refractivity contribution in [3.8, 4) is 11.5 Å². The van der Waals surface area contributed by atoms with Gasteiger partial charge in [-0.15, -0.1) is 0 Å². The molecule has 1 amide bonds. The van der Waals surface area contributed by atoms with Crippen LogP contribution in [-0.4, -0.2) is 38.8 Å². The number of amides is 1. The summed E-state index contributed by atoms with van der Waals surface area (Å²) in [5.74, 6) is 1.50. The number of hydrogen-bond donors (Lipinski definition) is 0. The van der Waals surface area contributed by atoms with Crippen LogP contribution in [0.25, 0.3) is 0 Å². The van der Waals surface area contributed by atoms with Crippen molar-refractivity contribution in [2.75, 3.05) is 27.9 Å². The van der Waals surface area contributed by atoms with Crippen molar-refractivity contribution in [1.29, 1.82) is 0 Å². The van der Waals surface area contributed by atoms with Crippen LogP contribution in [0.2, 0.25) is 0 Å². The van der Waals surface area contributed by atoms with Crippen LogP contribution in [0.1, 0.15) is 12.8 Å². The Morgan fingerprint density at radius 1 is 1.17 bits per heavy atom. The average molecular weight is 253 g/mol. The zero-order valence-electron chi connectivity index (χ0n) is 11.0. The Morgan fingerprint density at radius 2 is 1.78 bits per heavy atom. The summed E-state index contributed by atoms with van der Waals surface area (Å²) < 4.78 is 10.5. The minimum absolute atomic E-state index is 0.0594. The molecule has 0 fully saturated rings. The molecule has 1 aromatic carbocycles. The van der Waals surface area contributed by atoms with Crippen molar-refractivity contribution in [2.45, 2.75) is 12.8 Å². The second kappa shape index (κ2) is 7.55. The molecule has 1 aromatic rings. The lowest BCUT2D eigenvalue weighted by Gasteiger charge is -2.13. The number of rotatable bonds is 7. The molecular weight excluding hydrogens is 234 g/mol. The van der Waals surface area contributed by atoms with Crippen molar-refractivity contribution < 1.29 is 19.1 Å². The van der Waals surface area contributed by atoms with Crippen molar-refractivity contribution >= 4 is 5.91 Å². The zero-order chi connectivity index (χ0) is 13.4. The van der Waals surface area contributed by atoms with Gasteiger partial charge in [0.2, 0.25) is 5.91 Å². The van der Waals surface area contributed by atoms with Crippen LogP contribution < -0.4 is 9.47 Å². The van der Waals surface area contributed by atoms with E-state index >= 15 is 0 Å². The third-order valence-corrected chi connectivity index (χ3v) is 2.49. The predicted octanol–water partition coefficient (Wildman–Crippen LogP) is 1.87. The van der Waals surface area contributed by atoms with E-state index in [1.807, 2.05) is 24.3 Å². The molecule has 0 heterocycles. The van der Waals surface area contributed by atoms with E-state index in [1.54, 1.807) is 14.2 Å². The lowest BCUT2D eigenvalue weighted by atomic mass is 10.3. The largest absolute Gasteiger partial charge is 0.497 e. The molecule has 0 bridgehead atoms. The van der Waals surface area contributed by atoms with Gasteiger partial charge < -0.3 is 9.47 Å². The number of benzene rings is 1. The minimum atomic E-state index is -0.0594. The quantitative estimate of drug-likeness (QED) is 0.550. The van der Waals surface area contributed by atoms with Crippen molar-refractivity contribution in [2.24, 2.45) is 0 Å². The summed E-state index contributed by atoms with van der Waals surface area (Å²) in [6.07, 6.45) is 1.05. The summed E-state index contributed by atoms with van der Waals surface area (Å²) in [5, 5.41) is 1.22. The Bertz CT molecular complexity index is 364. The normalized spacial score (nSPS) is 9.94. The standard InChI is InChI=1S/C13H19NO4/c1-14(17-3)13(15)5-4-10-18-12-8-6-11(16-2)7-9-12/h6-9H,4-5,10H2,1-3H3. The van der Waals surface area contributed by atoms with E-state index in [2.05, 4.69) is 0 Å². The molecular formula is C13H19NO4. The molecule has 0 radical (unpaired) electrons. The Balaban J connectivity index is 2.23. The van der Waals surface area contributed by atoms with Gasteiger partial charge in [-0.25, -0.2) is 5.06 Å². The highest BCUT2D eigenvalue weighted by Crippen LogP contribution is 2.17. The summed E-state index contributed by atoms with van der Waals surface area (Å²) in [6.45, 7) is 0.496. The first-order valence-corrected chi connectivity index (χ1v) is 5.75. The molecule has 0 unspecified atom stereocenters. The molecule has 1 rings (SSSR count). The molecule has 18 heavy (non-hydrogen) atoms. The van der Waals surface area contributed by atoms with Crippen LogP contribution in [0.15, 0.2) is 24.3 Å². The summed E-state index contributed by atoms with van der Waals surface area (Å²) in [4.78, 5) is 16.2. The van der Waals surface area contributed by atoms with E-state index in [0.29, 0.717) is 19.4 Å². The molecule has 5 heteroatoms. The van der Waals surface area contributed by atoms with Gasteiger partial charge in [0.05, 0.1) is 20.8 Å². The van der Waals surface area contributed by atoms with Crippen LogP contribution in [0.4, 0.5) is 0 Å². The number of methoxy groups -OCH3 is 1. The molecule has 0 N–H and O–H groups in total. The molecule has 0 aliphatic carbocycles. The van der Waals surface area contributed by atoms with Gasteiger partial charge in [0.1, 0.15) is 11.5 Å². The van der Waals surface area contributed by atoms with Crippen LogP contribution >= 0.6 is 0 Å². The predicted molar refractivity (Wildman–Crippen MR) is 67.5 cm³/mol. The summed E-state index contributed by atoms with van der Waals surface area (Å²) in [7, 11) is 4.67.